The minimum atomic E-state index is -1.11. The molecule has 2 N–H and O–H groups in total. The number of hydrogen-bond donors (Lipinski definition) is 2. The van der Waals surface area contributed by atoms with Gasteiger partial charge in [0.25, 0.3) is 0 Å². The van der Waals surface area contributed by atoms with Crippen molar-refractivity contribution in [3.63, 3.8) is 0 Å². The maximum Gasteiger partial charge on any atom is 0.337 e. The van der Waals surface area contributed by atoms with Gasteiger partial charge in [0.2, 0.25) is 0 Å². The lowest BCUT2D eigenvalue weighted by Crippen LogP contribution is -1.95. The number of carbonyl (C=O) groups is 1. The number of carboxylic acids is 1. The summed E-state index contributed by atoms with van der Waals surface area (Å²) in [7, 11) is 0. The van der Waals surface area contributed by atoms with Gasteiger partial charge in [0.1, 0.15) is 5.69 Å². The minimum absolute atomic E-state index is 0.0191. The number of hydrogen-bond acceptors (Lipinski definition) is 3. The third kappa shape index (κ3) is 1.60. The Bertz CT molecular complexity index is 338. The van der Waals surface area contributed by atoms with Gasteiger partial charge in [-0.3, -0.25) is 0 Å². The molecule has 1 aromatic rings. The Hall–Kier alpha value is -1.42. The van der Waals surface area contributed by atoms with Crippen LogP contribution in [0, 0.1) is 5.53 Å². The van der Waals surface area contributed by atoms with Crippen molar-refractivity contribution < 1.29 is 9.90 Å². The number of aromatic carboxylic acids is 1. The van der Waals surface area contributed by atoms with E-state index in [-0.39, 0.29) is 11.3 Å². The second-order valence-electron chi connectivity index (χ2n) is 2.08. The quantitative estimate of drug-likeness (QED) is 0.694. The highest BCUT2D eigenvalue weighted by molar-refractivity contribution is 6.31. The maximum atomic E-state index is 10.5. The summed E-state index contributed by atoms with van der Waals surface area (Å²) >= 11 is 5.56. The molecule has 0 aliphatic carbocycles. The van der Waals surface area contributed by atoms with Crippen molar-refractivity contribution >= 4 is 23.3 Å². The predicted molar refractivity (Wildman–Crippen MR) is 43.2 cm³/mol. The van der Waals surface area contributed by atoms with E-state index in [1.807, 2.05) is 0 Å². The fourth-order valence-corrected chi connectivity index (χ4v) is 0.944. The summed E-state index contributed by atoms with van der Waals surface area (Å²) in [6.45, 7) is 0. The maximum absolute atomic E-state index is 10.5. The van der Waals surface area contributed by atoms with E-state index < -0.39 is 5.97 Å². The first-order valence-corrected chi connectivity index (χ1v) is 3.43. The molecule has 12 heavy (non-hydrogen) atoms. The Morgan fingerprint density at radius 3 is 2.75 bits per heavy atom. The molecular weight excluding hydrogens is 180 g/mol. The Morgan fingerprint density at radius 1 is 1.58 bits per heavy atom. The highest BCUT2D eigenvalue weighted by atomic mass is 35.5. The van der Waals surface area contributed by atoms with Crippen LogP contribution in [0.2, 0.25) is 5.02 Å². The Labute approximate surface area is 73.3 Å². The van der Waals surface area contributed by atoms with Crippen molar-refractivity contribution in [3.05, 3.63) is 28.8 Å². The second kappa shape index (κ2) is 3.32. The summed E-state index contributed by atoms with van der Waals surface area (Å²) in [5, 5.41) is 12.0. The van der Waals surface area contributed by atoms with E-state index >= 15 is 0 Å². The van der Waals surface area contributed by atoms with Gasteiger partial charge in [0.15, 0.2) is 0 Å². The zero-order valence-corrected chi connectivity index (χ0v) is 6.67. The summed E-state index contributed by atoms with van der Waals surface area (Å²) in [5.74, 6) is -1.11. The average Bonchev–Trinajstić information content (AvgIpc) is 2.03. The van der Waals surface area contributed by atoms with Crippen LogP contribution in [0.1, 0.15) is 10.4 Å². The van der Waals surface area contributed by atoms with Crippen LogP contribution in [-0.4, -0.2) is 11.1 Å². The van der Waals surface area contributed by atoms with E-state index in [2.05, 4.69) is 5.11 Å². The molecule has 0 spiro atoms. The molecule has 62 valence electrons. The van der Waals surface area contributed by atoms with Crippen LogP contribution in [0.3, 0.4) is 0 Å². The van der Waals surface area contributed by atoms with Gasteiger partial charge in [-0.1, -0.05) is 11.6 Å². The summed E-state index contributed by atoms with van der Waals surface area (Å²) < 4.78 is 0. The Kier molecular flexibility index (Phi) is 2.40. The van der Waals surface area contributed by atoms with Crippen LogP contribution in [0.15, 0.2) is 23.3 Å². The highest BCUT2D eigenvalue weighted by Gasteiger charge is 2.08. The number of nitrogens with zero attached hydrogens (tertiary/aromatic N) is 1. The van der Waals surface area contributed by atoms with Crippen LogP contribution in [-0.2, 0) is 0 Å². The van der Waals surface area contributed by atoms with Crippen molar-refractivity contribution in [2.24, 2.45) is 5.11 Å². The van der Waals surface area contributed by atoms with Gasteiger partial charge >= 0.3 is 5.97 Å². The lowest BCUT2D eigenvalue weighted by Gasteiger charge is -1.98. The molecule has 0 aliphatic rings. The minimum Gasteiger partial charge on any atom is -0.478 e. The molecule has 0 fully saturated rings. The summed E-state index contributed by atoms with van der Waals surface area (Å²) in [5.41, 5.74) is 6.72. The molecule has 0 aromatic heterocycles. The van der Waals surface area contributed by atoms with E-state index in [0.717, 1.165) is 0 Å². The zero-order chi connectivity index (χ0) is 9.14. The summed E-state index contributed by atoms with van der Waals surface area (Å²) in [6.07, 6.45) is 0. The van der Waals surface area contributed by atoms with Gasteiger partial charge in [-0.2, -0.15) is 5.11 Å². The van der Waals surface area contributed by atoms with E-state index in [0.29, 0.717) is 5.02 Å². The van der Waals surface area contributed by atoms with Crippen LogP contribution in [0.5, 0.6) is 0 Å². The molecule has 1 aromatic carbocycles. The number of halogens is 1. The lowest BCUT2D eigenvalue weighted by atomic mass is 10.2. The van der Waals surface area contributed by atoms with Gasteiger partial charge in [0, 0.05) is 5.02 Å². The van der Waals surface area contributed by atoms with Crippen LogP contribution in [0.25, 0.3) is 0 Å². The molecule has 0 saturated heterocycles. The number of rotatable bonds is 2. The molecule has 0 saturated carbocycles. The van der Waals surface area contributed by atoms with Crippen molar-refractivity contribution in [2.45, 2.75) is 0 Å². The van der Waals surface area contributed by atoms with Gasteiger partial charge < -0.3 is 5.11 Å². The lowest BCUT2D eigenvalue weighted by molar-refractivity contribution is 0.0697. The smallest absolute Gasteiger partial charge is 0.337 e. The molecule has 0 unspecified atom stereocenters. The largest absolute Gasteiger partial charge is 0.478 e. The van der Waals surface area contributed by atoms with E-state index in [4.69, 9.17) is 22.2 Å². The molecule has 5 heteroatoms. The van der Waals surface area contributed by atoms with E-state index in [1.165, 1.54) is 18.2 Å². The monoisotopic (exact) mass is 184 g/mol. The number of carboxylic acid groups (broad SMARTS) is 1. The van der Waals surface area contributed by atoms with Crippen LogP contribution < -0.4 is 0 Å². The van der Waals surface area contributed by atoms with Crippen molar-refractivity contribution in [1.82, 2.24) is 0 Å². The van der Waals surface area contributed by atoms with Gasteiger partial charge in [0.05, 0.1) is 5.56 Å². The Morgan fingerprint density at radius 2 is 2.25 bits per heavy atom. The standard InChI is InChI=1S/C7H5ClN2O2/c8-4-1-2-5(7(11)12)6(3-4)10-9/h1-3,9H,(H,11,12). The van der Waals surface area contributed by atoms with Gasteiger partial charge in [-0.15, -0.1) is 0 Å². The first-order valence-electron chi connectivity index (χ1n) is 3.05. The molecular formula is C7H5ClN2O2. The third-order valence-corrected chi connectivity index (χ3v) is 1.55. The second-order valence-corrected chi connectivity index (χ2v) is 2.51. The molecule has 0 amide bonds. The van der Waals surface area contributed by atoms with Gasteiger partial charge in [-0.25, -0.2) is 10.3 Å². The highest BCUT2D eigenvalue weighted by Crippen LogP contribution is 2.23. The fourth-order valence-electron chi connectivity index (χ4n) is 0.778. The summed E-state index contributed by atoms with van der Waals surface area (Å²) in [6, 6.07) is 4.09. The first kappa shape index (κ1) is 8.67. The molecule has 0 atom stereocenters. The average molecular weight is 185 g/mol. The number of nitrogens with one attached hydrogen (secondary N) is 1. The van der Waals surface area contributed by atoms with Gasteiger partial charge in [-0.05, 0) is 18.2 Å². The topological polar surface area (TPSA) is 73.5 Å². The summed E-state index contributed by atoms with van der Waals surface area (Å²) in [4.78, 5) is 10.5. The van der Waals surface area contributed by atoms with Crippen molar-refractivity contribution in [1.29, 1.82) is 5.53 Å². The normalized spacial score (nSPS) is 9.42. The SMILES string of the molecule is N=Nc1cc(Cl)ccc1C(=O)O. The first-order chi connectivity index (χ1) is 5.65. The van der Waals surface area contributed by atoms with E-state index in [9.17, 15) is 4.79 Å². The predicted octanol–water partition coefficient (Wildman–Crippen LogP) is 2.70. The molecule has 4 nitrogen and oxygen atoms in total. The van der Waals surface area contributed by atoms with Crippen molar-refractivity contribution in [2.75, 3.05) is 0 Å². The number of benzene rings is 1. The zero-order valence-electron chi connectivity index (χ0n) is 5.91. The molecule has 0 heterocycles. The molecule has 0 aliphatic heterocycles. The van der Waals surface area contributed by atoms with E-state index in [1.54, 1.807) is 0 Å². The molecule has 0 radical (unpaired) electrons. The van der Waals surface area contributed by atoms with Crippen molar-refractivity contribution in [3.8, 4) is 0 Å². The third-order valence-electron chi connectivity index (χ3n) is 1.31. The van der Waals surface area contributed by atoms with Crippen LogP contribution >= 0.6 is 11.6 Å². The molecule has 0 bridgehead atoms. The van der Waals surface area contributed by atoms with Crippen LogP contribution in [0.4, 0.5) is 5.69 Å². The molecule has 1 rings (SSSR count). The Balaban J connectivity index is 3.29. The fraction of sp³-hybridized carbons (Fsp3) is 0.